The quantitative estimate of drug-likeness (QED) is 0.521. The fourth-order valence-electron chi connectivity index (χ4n) is 3.13. The van der Waals surface area contributed by atoms with Crippen LogP contribution in [0.5, 0.6) is 0 Å². The molecule has 7 nitrogen and oxygen atoms in total. The molecule has 1 amide bonds. The maximum absolute atomic E-state index is 12.6. The largest absolute Gasteiger partial charge is 0.387 e. The van der Waals surface area contributed by atoms with Crippen molar-refractivity contribution in [3.8, 4) is 6.07 Å². The van der Waals surface area contributed by atoms with E-state index in [9.17, 15) is 9.90 Å². The summed E-state index contributed by atoms with van der Waals surface area (Å²) in [6, 6.07) is 16.6. The smallest absolute Gasteiger partial charge is 0.253 e. The second-order valence-electron chi connectivity index (χ2n) is 7.28. The summed E-state index contributed by atoms with van der Waals surface area (Å²) in [5.41, 5.74) is 3.74. The Hall–Kier alpha value is -3.60. The number of carbonyl (C=O) groups excluding carboxylic acids is 1. The van der Waals surface area contributed by atoms with Crippen LogP contribution in [0.3, 0.4) is 0 Å². The Morgan fingerprint density at radius 2 is 1.97 bits per heavy atom. The zero-order valence-corrected chi connectivity index (χ0v) is 17.4. The van der Waals surface area contributed by atoms with Gasteiger partial charge in [0.1, 0.15) is 11.8 Å². The molecule has 0 aliphatic rings. The molecule has 0 bridgehead atoms. The number of hydrogen-bond donors (Lipinski definition) is 2. The summed E-state index contributed by atoms with van der Waals surface area (Å²) in [4.78, 5) is 22.3. The van der Waals surface area contributed by atoms with Crippen LogP contribution >= 0.6 is 0 Å². The van der Waals surface area contributed by atoms with Crippen molar-refractivity contribution in [1.82, 2.24) is 20.2 Å². The lowest BCUT2D eigenvalue weighted by molar-refractivity contribution is 0.0785. The summed E-state index contributed by atoms with van der Waals surface area (Å²) >= 11 is 0. The second-order valence-corrected chi connectivity index (χ2v) is 7.28. The number of carbonyl (C=O) groups is 1. The van der Waals surface area contributed by atoms with E-state index in [1.165, 1.54) is 6.20 Å². The van der Waals surface area contributed by atoms with Gasteiger partial charge < -0.3 is 15.3 Å². The first-order chi connectivity index (χ1) is 15.1. The summed E-state index contributed by atoms with van der Waals surface area (Å²) in [6.07, 6.45) is 5.08. The molecule has 1 aromatic carbocycles. The third kappa shape index (κ3) is 6.44. The van der Waals surface area contributed by atoms with Crippen molar-refractivity contribution in [3.63, 3.8) is 0 Å². The van der Waals surface area contributed by atoms with E-state index in [4.69, 9.17) is 5.26 Å². The van der Waals surface area contributed by atoms with Gasteiger partial charge in [-0.05, 0) is 48.4 Å². The van der Waals surface area contributed by atoms with Crippen molar-refractivity contribution < 1.29 is 9.90 Å². The summed E-state index contributed by atoms with van der Waals surface area (Å²) in [7, 11) is 1.78. The van der Waals surface area contributed by atoms with Crippen LogP contribution in [0.4, 0.5) is 0 Å². The molecule has 31 heavy (non-hydrogen) atoms. The number of nitriles is 1. The van der Waals surface area contributed by atoms with Gasteiger partial charge in [0.2, 0.25) is 0 Å². The van der Waals surface area contributed by atoms with E-state index in [1.54, 1.807) is 36.5 Å². The van der Waals surface area contributed by atoms with Gasteiger partial charge in [0, 0.05) is 49.9 Å². The Morgan fingerprint density at radius 1 is 1.16 bits per heavy atom. The lowest BCUT2D eigenvalue weighted by Gasteiger charge is -2.17. The minimum absolute atomic E-state index is 0.0346. The minimum Gasteiger partial charge on any atom is -0.387 e. The zero-order chi connectivity index (χ0) is 22.1. The van der Waals surface area contributed by atoms with E-state index in [2.05, 4.69) is 15.3 Å². The summed E-state index contributed by atoms with van der Waals surface area (Å²) in [5, 5.41) is 22.2. The van der Waals surface area contributed by atoms with Gasteiger partial charge in [-0.2, -0.15) is 5.26 Å². The average molecular weight is 415 g/mol. The molecule has 1 atom stereocenters. The average Bonchev–Trinajstić information content (AvgIpc) is 2.82. The first-order valence-corrected chi connectivity index (χ1v) is 10.0. The van der Waals surface area contributed by atoms with E-state index in [1.807, 2.05) is 42.5 Å². The highest BCUT2D eigenvalue weighted by Gasteiger charge is 2.12. The van der Waals surface area contributed by atoms with Gasteiger partial charge in [-0.3, -0.25) is 9.78 Å². The van der Waals surface area contributed by atoms with Gasteiger partial charge in [0.15, 0.2) is 0 Å². The van der Waals surface area contributed by atoms with E-state index in [-0.39, 0.29) is 5.91 Å². The SMILES string of the molecule is CN(Cc1cccnc1)C(=O)c1ccc(CCNCC(O)c2ccc(C#N)nc2)cc1. The number of benzene rings is 1. The maximum Gasteiger partial charge on any atom is 0.253 e. The molecule has 0 aliphatic heterocycles. The highest BCUT2D eigenvalue weighted by molar-refractivity contribution is 5.94. The predicted molar refractivity (Wildman–Crippen MR) is 117 cm³/mol. The van der Waals surface area contributed by atoms with Crippen LogP contribution in [0.2, 0.25) is 0 Å². The number of pyridine rings is 2. The van der Waals surface area contributed by atoms with E-state index < -0.39 is 6.10 Å². The van der Waals surface area contributed by atoms with E-state index >= 15 is 0 Å². The fourth-order valence-corrected chi connectivity index (χ4v) is 3.13. The molecule has 2 heterocycles. The van der Waals surface area contributed by atoms with Crippen LogP contribution in [0.15, 0.2) is 67.1 Å². The molecule has 2 N–H and O–H groups in total. The molecule has 0 radical (unpaired) electrons. The second kappa shape index (κ2) is 11.0. The van der Waals surface area contributed by atoms with Crippen molar-refractivity contribution >= 4 is 5.91 Å². The Bertz CT molecular complexity index is 1010. The number of hydrogen-bond acceptors (Lipinski definition) is 6. The molecule has 3 rings (SSSR count). The van der Waals surface area contributed by atoms with Crippen LogP contribution in [0, 0.1) is 11.3 Å². The van der Waals surface area contributed by atoms with Gasteiger partial charge in [-0.1, -0.05) is 24.3 Å². The predicted octanol–water partition coefficient (Wildman–Crippen LogP) is 2.49. The number of aromatic nitrogens is 2. The molecule has 7 heteroatoms. The normalized spacial score (nSPS) is 11.5. The minimum atomic E-state index is -0.685. The standard InChI is InChI=1S/C24H25N5O2/c1-29(17-19-3-2-11-26-14-19)24(31)20-6-4-18(5-7-20)10-12-27-16-23(30)21-8-9-22(13-25)28-15-21/h2-9,11,14-15,23,27,30H,10,12,16-17H2,1H3. The molecule has 0 aliphatic carbocycles. The summed E-state index contributed by atoms with van der Waals surface area (Å²) in [6.45, 7) is 1.59. The van der Waals surface area contributed by atoms with Crippen LogP contribution in [-0.2, 0) is 13.0 Å². The van der Waals surface area contributed by atoms with Crippen molar-refractivity contribution in [1.29, 1.82) is 5.26 Å². The van der Waals surface area contributed by atoms with Crippen molar-refractivity contribution in [2.75, 3.05) is 20.1 Å². The van der Waals surface area contributed by atoms with Crippen LogP contribution in [-0.4, -0.2) is 46.0 Å². The highest BCUT2D eigenvalue weighted by atomic mass is 16.3. The molecular formula is C24H25N5O2. The Labute approximate surface area is 182 Å². The molecule has 0 fully saturated rings. The molecule has 0 spiro atoms. The van der Waals surface area contributed by atoms with E-state index in [0.29, 0.717) is 36.5 Å². The van der Waals surface area contributed by atoms with Crippen molar-refractivity contribution in [3.05, 3.63) is 95.1 Å². The lowest BCUT2D eigenvalue weighted by atomic mass is 10.1. The van der Waals surface area contributed by atoms with Gasteiger partial charge in [-0.15, -0.1) is 0 Å². The number of nitrogens with one attached hydrogen (secondary N) is 1. The number of amides is 1. The first kappa shape index (κ1) is 22.1. The first-order valence-electron chi connectivity index (χ1n) is 10.0. The number of rotatable bonds is 9. The molecule has 2 aromatic heterocycles. The number of aliphatic hydroxyl groups excluding tert-OH is 1. The number of aliphatic hydroxyl groups is 1. The van der Waals surface area contributed by atoms with E-state index in [0.717, 1.165) is 17.5 Å². The summed E-state index contributed by atoms with van der Waals surface area (Å²) in [5.74, 6) is -0.0346. The van der Waals surface area contributed by atoms with Crippen LogP contribution in [0.25, 0.3) is 0 Å². The monoisotopic (exact) mass is 415 g/mol. The molecule has 158 valence electrons. The highest BCUT2D eigenvalue weighted by Crippen LogP contribution is 2.12. The Balaban J connectivity index is 1.43. The molecule has 0 saturated carbocycles. The fraction of sp³-hybridized carbons (Fsp3) is 0.250. The van der Waals surface area contributed by atoms with Gasteiger partial charge in [0.25, 0.3) is 5.91 Å². The maximum atomic E-state index is 12.6. The Kier molecular flexibility index (Phi) is 7.82. The van der Waals surface area contributed by atoms with Crippen molar-refractivity contribution in [2.45, 2.75) is 19.1 Å². The Morgan fingerprint density at radius 3 is 2.61 bits per heavy atom. The zero-order valence-electron chi connectivity index (χ0n) is 17.4. The molecule has 0 saturated heterocycles. The lowest BCUT2D eigenvalue weighted by Crippen LogP contribution is -2.26. The number of nitrogens with zero attached hydrogens (tertiary/aromatic N) is 4. The summed E-state index contributed by atoms with van der Waals surface area (Å²) < 4.78 is 0. The van der Waals surface area contributed by atoms with Gasteiger partial charge in [0.05, 0.1) is 6.10 Å². The van der Waals surface area contributed by atoms with Gasteiger partial charge >= 0.3 is 0 Å². The topological polar surface area (TPSA) is 102 Å². The third-order valence-electron chi connectivity index (χ3n) is 4.90. The van der Waals surface area contributed by atoms with Crippen molar-refractivity contribution in [2.24, 2.45) is 0 Å². The molecular weight excluding hydrogens is 390 g/mol. The molecule has 1 unspecified atom stereocenters. The molecule has 3 aromatic rings. The van der Waals surface area contributed by atoms with Gasteiger partial charge in [-0.25, -0.2) is 4.98 Å². The van der Waals surface area contributed by atoms with Crippen LogP contribution in [0.1, 0.15) is 38.8 Å². The third-order valence-corrected chi connectivity index (χ3v) is 4.90. The van der Waals surface area contributed by atoms with Crippen LogP contribution < -0.4 is 5.32 Å².